The number of rotatable bonds is 5. The lowest BCUT2D eigenvalue weighted by Gasteiger charge is -2.18. The van der Waals surface area contributed by atoms with Crippen molar-refractivity contribution in [2.24, 2.45) is 5.92 Å². The van der Waals surface area contributed by atoms with Gasteiger partial charge in [0.15, 0.2) is 0 Å². The normalized spacial score (nSPS) is 10.5. The van der Waals surface area contributed by atoms with Gasteiger partial charge in [0.05, 0.1) is 6.54 Å². The zero-order chi connectivity index (χ0) is 13.7. The number of nitrogen functional groups attached to an aromatic ring is 1. The summed E-state index contributed by atoms with van der Waals surface area (Å²) in [5.74, 6) is 1.29. The molecular formula is C12H21N5O. The van der Waals surface area contributed by atoms with Crippen molar-refractivity contribution < 1.29 is 4.79 Å². The van der Waals surface area contributed by atoms with Crippen molar-refractivity contribution in [3.05, 3.63) is 11.8 Å². The quantitative estimate of drug-likeness (QED) is 0.799. The molecule has 6 nitrogen and oxygen atoms in total. The number of nitrogens with two attached hydrogens (primary N) is 1. The number of aryl methyl sites for hydroxylation is 1. The van der Waals surface area contributed by atoms with Crippen LogP contribution in [0.5, 0.6) is 0 Å². The highest BCUT2D eigenvalue weighted by molar-refractivity contribution is 5.80. The van der Waals surface area contributed by atoms with E-state index in [2.05, 4.69) is 29.1 Å². The molecule has 0 spiro atoms. The Kier molecular flexibility index (Phi) is 4.88. The Morgan fingerprint density at radius 2 is 2.17 bits per heavy atom. The van der Waals surface area contributed by atoms with Crippen LogP contribution in [0.15, 0.2) is 6.07 Å². The van der Waals surface area contributed by atoms with Gasteiger partial charge < -0.3 is 16.0 Å². The SMILES string of the molecule is Cc1cc(N(C)CC(=O)NCC(C)C)nc(N)n1. The Balaban J connectivity index is 2.59. The largest absolute Gasteiger partial charge is 0.368 e. The minimum absolute atomic E-state index is 0.0268. The Labute approximate surface area is 108 Å². The molecule has 1 rings (SSSR count). The van der Waals surface area contributed by atoms with E-state index in [0.717, 1.165) is 5.69 Å². The smallest absolute Gasteiger partial charge is 0.239 e. The molecule has 0 aliphatic heterocycles. The molecule has 0 bridgehead atoms. The summed E-state index contributed by atoms with van der Waals surface area (Å²) in [5.41, 5.74) is 6.36. The van der Waals surface area contributed by atoms with Crippen LogP contribution in [0.1, 0.15) is 19.5 Å². The summed E-state index contributed by atoms with van der Waals surface area (Å²) in [5, 5.41) is 2.86. The highest BCUT2D eigenvalue weighted by Gasteiger charge is 2.10. The van der Waals surface area contributed by atoms with E-state index in [1.54, 1.807) is 18.0 Å². The molecule has 0 saturated heterocycles. The first-order chi connectivity index (χ1) is 8.38. The second-order valence-corrected chi connectivity index (χ2v) is 4.78. The molecule has 18 heavy (non-hydrogen) atoms. The van der Waals surface area contributed by atoms with E-state index >= 15 is 0 Å². The molecule has 3 N–H and O–H groups in total. The van der Waals surface area contributed by atoms with Crippen LogP contribution >= 0.6 is 0 Å². The number of anilines is 2. The average Bonchev–Trinajstić information content (AvgIpc) is 2.25. The Bertz CT molecular complexity index is 399. The van der Waals surface area contributed by atoms with Gasteiger partial charge in [-0.1, -0.05) is 13.8 Å². The number of carbonyl (C=O) groups excluding carboxylic acids is 1. The summed E-state index contributed by atoms with van der Waals surface area (Å²) in [6.07, 6.45) is 0. The highest BCUT2D eigenvalue weighted by Crippen LogP contribution is 2.11. The van der Waals surface area contributed by atoms with Crippen molar-refractivity contribution in [2.75, 3.05) is 30.8 Å². The zero-order valence-corrected chi connectivity index (χ0v) is 11.4. The van der Waals surface area contributed by atoms with Gasteiger partial charge in [0.1, 0.15) is 5.82 Å². The lowest BCUT2D eigenvalue weighted by atomic mass is 10.2. The number of nitrogens with zero attached hydrogens (tertiary/aromatic N) is 3. The molecule has 1 aromatic rings. The van der Waals surface area contributed by atoms with Crippen molar-refractivity contribution >= 4 is 17.7 Å². The maximum atomic E-state index is 11.7. The first-order valence-corrected chi connectivity index (χ1v) is 5.97. The molecule has 0 fully saturated rings. The van der Waals surface area contributed by atoms with E-state index < -0.39 is 0 Å². The van der Waals surface area contributed by atoms with E-state index in [9.17, 15) is 4.79 Å². The topological polar surface area (TPSA) is 84.1 Å². The highest BCUT2D eigenvalue weighted by atomic mass is 16.2. The van der Waals surface area contributed by atoms with Gasteiger partial charge in [-0.15, -0.1) is 0 Å². The van der Waals surface area contributed by atoms with Crippen LogP contribution in [0.2, 0.25) is 0 Å². The summed E-state index contributed by atoms with van der Waals surface area (Å²) >= 11 is 0. The summed E-state index contributed by atoms with van der Waals surface area (Å²) in [6.45, 7) is 6.88. The summed E-state index contributed by atoms with van der Waals surface area (Å²) in [6, 6.07) is 1.80. The van der Waals surface area contributed by atoms with Gasteiger partial charge in [0.25, 0.3) is 0 Å². The summed E-state index contributed by atoms with van der Waals surface area (Å²) in [4.78, 5) is 21.5. The van der Waals surface area contributed by atoms with Crippen molar-refractivity contribution in [2.45, 2.75) is 20.8 Å². The molecule has 0 unspecified atom stereocenters. The van der Waals surface area contributed by atoms with E-state index in [1.165, 1.54) is 0 Å². The third-order valence-electron chi connectivity index (χ3n) is 2.34. The molecule has 0 aliphatic rings. The standard InChI is InChI=1S/C12H21N5O/c1-8(2)6-14-11(18)7-17(4)10-5-9(3)15-12(13)16-10/h5,8H,6-7H2,1-4H3,(H,14,18)(H2,13,15,16). The number of amides is 1. The first kappa shape index (κ1) is 14.2. The van der Waals surface area contributed by atoms with Gasteiger partial charge in [-0.25, -0.2) is 4.98 Å². The van der Waals surface area contributed by atoms with Gasteiger partial charge in [-0.2, -0.15) is 4.98 Å². The van der Waals surface area contributed by atoms with Gasteiger partial charge >= 0.3 is 0 Å². The van der Waals surface area contributed by atoms with Crippen LogP contribution in [-0.2, 0) is 4.79 Å². The molecule has 1 aromatic heterocycles. The van der Waals surface area contributed by atoms with E-state index in [0.29, 0.717) is 18.3 Å². The lowest BCUT2D eigenvalue weighted by Crippen LogP contribution is -2.37. The molecule has 1 amide bonds. The zero-order valence-electron chi connectivity index (χ0n) is 11.4. The molecule has 0 aromatic carbocycles. The van der Waals surface area contributed by atoms with Gasteiger partial charge in [-0.05, 0) is 12.8 Å². The van der Waals surface area contributed by atoms with E-state index in [1.807, 2.05) is 6.92 Å². The fraction of sp³-hybridized carbons (Fsp3) is 0.583. The molecule has 0 atom stereocenters. The monoisotopic (exact) mass is 251 g/mol. The maximum absolute atomic E-state index is 11.7. The van der Waals surface area contributed by atoms with Gasteiger partial charge in [0.2, 0.25) is 11.9 Å². The Morgan fingerprint density at radius 1 is 1.50 bits per heavy atom. The number of likely N-dealkylation sites (N-methyl/N-ethyl adjacent to an activating group) is 1. The third-order valence-corrected chi connectivity index (χ3v) is 2.34. The number of nitrogens with one attached hydrogen (secondary N) is 1. The molecule has 100 valence electrons. The van der Waals surface area contributed by atoms with E-state index in [4.69, 9.17) is 5.73 Å². The molecule has 0 aliphatic carbocycles. The predicted molar refractivity (Wildman–Crippen MR) is 72.3 cm³/mol. The molecule has 1 heterocycles. The fourth-order valence-corrected chi connectivity index (χ4v) is 1.44. The Hall–Kier alpha value is -1.85. The minimum atomic E-state index is -0.0268. The van der Waals surface area contributed by atoms with Crippen molar-refractivity contribution in [3.63, 3.8) is 0 Å². The third kappa shape index (κ3) is 4.57. The predicted octanol–water partition coefficient (Wildman–Crippen LogP) is 0.576. The second kappa shape index (κ2) is 6.18. The summed E-state index contributed by atoms with van der Waals surface area (Å²) in [7, 11) is 1.80. The van der Waals surface area contributed by atoms with E-state index in [-0.39, 0.29) is 18.4 Å². The van der Waals surface area contributed by atoms with Crippen molar-refractivity contribution in [1.29, 1.82) is 0 Å². The molecule has 0 radical (unpaired) electrons. The van der Waals surface area contributed by atoms with Crippen LogP contribution in [0, 0.1) is 12.8 Å². The summed E-state index contributed by atoms with van der Waals surface area (Å²) < 4.78 is 0. The molecular weight excluding hydrogens is 230 g/mol. The average molecular weight is 251 g/mol. The molecule has 0 saturated carbocycles. The Morgan fingerprint density at radius 3 is 2.72 bits per heavy atom. The van der Waals surface area contributed by atoms with Gasteiger partial charge in [0, 0.05) is 25.4 Å². The van der Waals surface area contributed by atoms with Crippen molar-refractivity contribution in [1.82, 2.24) is 15.3 Å². The number of aromatic nitrogens is 2. The molecule has 6 heteroatoms. The van der Waals surface area contributed by atoms with Crippen LogP contribution in [0.25, 0.3) is 0 Å². The fourth-order valence-electron chi connectivity index (χ4n) is 1.44. The van der Waals surface area contributed by atoms with Crippen LogP contribution in [0.3, 0.4) is 0 Å². The van der Waals surface area contributed by atoms with Gasteiger partial charge in [-0.3, -0.25) is 4.79 Å². The number of hydrogen-bond acceptors (Lipinski definition) is 5. The minimum Gasteiger partial charge on any atom is -0.368 e. The maximum Gasteiger partial charge on any atom is 0.239 e. The number of carbonyl (C=O) groups is 1. The van der Waals surface area contributed by atoms with Crippen LogP contribution < -0.4 is 16.0 Å². The lowest BCUT2D eigenvalue weighted by molar-refractivity contribution is -0.119. The van der Waals surface area contributed by atoms with Crippen LogP contribution in [0.4, 0.5) is 11.8 Å². The van der Waals surface area contributed by atoms with Crippen LogP contribution in [-0.4, -0.2) is 36.0 Å². The second-order valence-electron chi connectivity index (χ2n) is 4.78. The first-order valence-electron chi connectivity index (χ1n) is 5.97. The van der Waals surface area contributed by atoms with Crippen molar-refractivity contribution in [3.8, 4) is 0 Å². The number of hydrogen-bond donors (Lipinski definition) is 2.